The molecule has 0 fully saturated rings. The number of rotatable bonds is 4. The highest BCUT2D eigenvalue weighted by Gasteiger charge is 2.09. The number of hydrogen-bond acceptors (Lipinski definition) is 4. The Labute approximate surface area is 118 Å². The van der Waals surface area contributed by atoms with Crippen molar-refractivity contribution in [3.05, 3.63) is 35.5 Å². The van der Waals surface area contributed by atoms with Gasteiger partial charge in [-0.05, 0) is 28.4 Å². The van der Waals surface area contributed by atoms with Crippen LogP contribution in [0.2, 0.25) is 0 Å². The van der Waals surface area contributed by atoms with E-state index in [0.717, 1.165) is 35.1 Å². The van der Waals surface area contributed by atoms with E-state index in [4.69, 9.17) is 5.73 Å². The number of anilines is 1. The molecule has 0 unspecified atom stereocenters. The summed E-state index contributed by atoms with van der Waals surface area (Å²) in [6.07, 6.45) is 8.25. The molecule has 0 amide bonds. The lowest BCUT2D eigenvalue weighted by Gasteiger charge is -2.06. The van der Waals surface area contributed by atoms with E-state index in [1.807, 2.05) is 27.7 Å². The van der Waals surface area contributed by atoms with Crippen molar-refractivity contribution in [1.82, 2.24) is 24.1 Å². The molecule has 3 heterocycles. The third-order valence-electron chi connectivity index (χ3n) is 2.94. The van der Waals surface area contributed by atoms with Crippen LogP contribution in [0.1, 0.15) is 6.42 Å². The summed E-state index contributed by atoms with van der Waals surface area (Å²) in [6, 6.07) is 1.92. The Morgan fingerprint density at radius 3 is 3.00 bits per heavy atom. The van der Waals surface area contributed by atoms with Gasteiger partial charge in [0.15, 0.2) is 5.65 Å². The topological polar surface area (TPSA) is 74.5 Å². The fourth-order valence-corrected chi connectivity index (χ4v) is 2.37. The third-order valence-corrected chi connectivity index (χ3v) is 3.37. The summed E-state index contributed by atoms with van der Waals surface area (Å²) in [5, 5.41) is 0. The van der Waals surface area contributed by atoms with Gasteiger partial charge in [-0.25, -0.2) is 15.0 Å². The molecule has 0 radical (unpaired) electrons. The van der Waals surface area contributed by atoms with Gasteiger partial charge in [0.25, 0.3) is 0 Å². The first-order chi connectivity index (χ1) is 9.24. The maximum Gasteiger partial charge on any atom is 0.202 e. The Kier molecular flexibility index (Phi) is 3.20. The second kappa shape index (κ2) is 5.00. The first-order valence-electron chi connectivity index (χ1n) is 5.97. The van der Waals surface area contributed by atoms with Crippen molar-refractivity contribution in [1.29, 1.82) is 0 Å². The molecule has 0 saturated carbocycles. The summed E-state index contributed by atoms with van der Waals surface area (Å²) in [5.74, 6) is 0.506. The number of aryl methyl sites for hydroxylation is 2. The van der Waals surface area contributed by atoms with E-state index in [0.29, 0.717) is 5.95 Å². The molecule has 0 aliphatic heterocycles. The van der Waals surface area contributed by atoms with Crippen LogP contribution in [-0.2, 0) is 13.1 Å². The summed E-state index contributed by atoms with van der Waals surface area (Å²) < 4.78 is 4.89. The zero-order valence-electron chi connectivity index (χ0n) is 10.2. The van der Waals surface area contributed by atoms with E-state index in [1.54, 1.807) is 12.4 Å². The normalized spacial score (nSPS) is 11.2. The Hall–Kier alpha value is -1.89. The molecule has 0 saturated heterocycles. The number of aromatic nitrogens is 5. The van der Waals surface area contributed by atoms with Crippen molar-refractivity contribution in [2.24, 2.45) is 0 Å². The van der Waals surface area contributed by atoms with E-state index in [2.05, 4.69) is 30.9 Å². The zero-order valence-corrected chi connectivity index (χ0v) is 11.8. The molecular formula is C12H13BrN6. The highest BCUT2D eigenvalue weighted by atomic mass is 79.9. The number of nitrogens with two attached hydrogens (primary N) is 1. The number of nitrogen functional groups attached to an aromatic ring is 1. The summed E-state index contributed by atoms with van der Waals surface area (Å²) in [5.41, 5.74) is 7.58. The van der Waals surface area contributed by atoms with E-state index < -0.39 is 0 Å². The minimum Gasteiger partial charge on any atom is -0.369 e. The standard InChI is InChI=1S/C12H13BrN6/c13-9-6-10-11(16-7-9)19(12(14)17-10)4-1-3-18-5-2-15-8-18/h2,5-8H,1,3-4H2,(H2,14,17). The van der Waals surface area contributed by atoms with Crippen molar-refractivity contribution in [3.63, 3.8) is 0 Å². The fraction of sp³-hybridized carbons (Fsp3) is 0.250. The molecule has 19 heavy (non-hydrogen) atoms. The Morgan fingerprint density at radius 1 is 1.32 bits per heavy atom. The number of halogens is 1. The van der Waals surface area contributed by atoms with E-state index in [-0.39, 0.29) is 0 Å². The quantitative estimate of drug-likeness (QED) is 0.798. The van der Waals surface area contributed by atoms with Crippen molar-refractivity contribution >= 4 is 33.0 Å². The number of hydrogen-bond donors (Lipinski definition) is 1. The van der Waals surface area contributed by atoms with Gasteiger partial charge in [-0.2, -0.15) is 0 Å². The Balaban J connectivity index is 1.78. The van der Waals surface area contributed by atoms with Crippen LogP contribution in [0, 0.1) is 0 Å². The van der Waals surface area contributed by atoms with Crippen LogP contribution in [0.25, 0.3) is 11.2 Å². The highest BCUT2D eigenvalue weighted by Crippen LogP contribution is 2.19. The average Bonchev–Trinajstić information content (AvgIpc) is 2.98. The summed E-state index contributed by atoms with van der Waals surface area (Å²) in [4.78, 5) is 12.7. The maximum atomic E-state index is 5.94. The van der Waals surface area contributed by atoms with Gasteiger partial charge in [0.2, 0.25) is 5.95 Å². The van der Waals surface area contributed by atoms with Gasteiger partial charge in [0, 0.05) is 36.2 Å². The minimum absolute atomic E-state index is 0.506. The van der Waals surface area contributed by atoms with Gasteiger partial charge in [0.1, 0.15) is 5.52 Å². The Morgan fingerprint density at radius 2 is 2.21 bits per heavy atom. The smallest absolute Gasteiger partial charge is 0.202 e. The average molecular weight is 321 g/mol. The first-order valence-corrected chi connectivity index (χ1v) is 6.76. The molecule has 0 aromatic carbocycles. The van der Waals surface area contributed by atoms with Crippen molar-refractivity contribution in [2.75, 3.05) is 5.73 Å². The fourth-order valence-electron chi connectivity index (χ4n) is 2.05. The molecule has 3 aromatic heterocycles. The molecule has 0 aliphatic rings. The molecule has 0 spiro atoms. The lowest BCUT2D eigenvalue weighted by molar-refractivity contribution is 0.573. The van der Waals surface area contributed by atoms with Crippen LogP contribution in [0.15, 0.2) is 35.5 Å². The maximum absolute atomic E-state index is 5.94. The molecule has 3 aromatic rings. The first kappa shape index (κ1) is 12.2. The second-order valence-electron chi connectivity index (χ2n) is 4.27. The second-order valence-corrected chi connectivity index (χ2v) is 5.19. The van der Waals surface area contributed by atoms with Crippen LogP contribution in [0.4, 0.5) is 5.95 Å². The number of pyridine rings is 1. The van der Waals surface area contributed by atoms with E-state index in [1.165, 1.54) is 0 Å². The molecule has 3 rings (SSSR count). The lowest BCUT2D eigenvalue weighted by Crippen LogP contribution is -2.06. The van der Waals surface area contributed by atoms with Crippen LogP contribution in [0.5, 0.6) is 0 Å². The molecule has 6 nitrogen and oxygen atoms in total. The number of nitrogens with zero attached hydrogens (tertiary/aromatic N) is 5. The number of fused-ring (bicyclic) bond motifs is 1. The molecule has 7 heteroatoms. The van der Waals surface area contributed by atoms with E-state index in [9.17, 15) is 0 Å². The SMILES string of the molecule is Nc1nc2cc(Br)cnc2n1CCCn1ccnc1. The van der Waals surface area contributed by atoms with Gasteiger partial charge < -0.3 is 10.3 Å². The Bertz CT molecular complexity index is 688. The van der Waals surface area contributed by atoms with Crippen molar-refractivity contribution in [2.45, 2.75) is 19.5 Å². The zero-order chi connectivity index (χ0) is 13.2. The van der Waals surface area contributed by atoms with Crippen LogP contribution < -0.4 is 5.73 Å². The third kappa shape index (κ3) is 2.46. The molecular weight excluding hydrogens is 308 g/mol. The van der Waals surface area contributed by atoms with Gasteiger partial charge in [0.05, 0.1) is 6.33 Å². The summed E-state index contributed by atoms with van der Waals surface area (Å²) in [6.45, 7) is 1.69. The van der Waals surface area contributed by atoms with Crippen molar-refractivity contribution in [3.8, 4) is 0 Å². The van der Waals surface area contributed by atoms with Gasteiger partial charge >= 0.3 is 0 Å². The summed E-state index contributed by atoms with van der Waals surface area (Å²) in [7, 11) is 0. The molecule has 0 aliphatic carbocycles. The van der Waals surface area contributed by atoms with Crippen LogP contribution >= 0.6 is 15.9 Å². The number of imidazole rings is 2. The predicted molar refractivity (Wildman–Crippen MR) is 76.5 cm³/mol. The highest BCUT2D eigenvalue weighted by molar-refractivity contribution is 9.10. The minimum atomic E-state index is 0.506. The van der Waals surface area contributed by atoms with Crippen LogP contribution in [-0.4, -0.2) is 24.1 Å². The lowest BCUT2D eigenvalue weighted by atomic mass is 10.4. The monoisotopic (exact) mass is 320 g/mol. The molecule has 2 N–H and O–H groups in total. The molecule has 98 valence electrons. The largest absolute Gasteiger partial charge is 0.369 e. The van der Waals surface area contributed by atoms with Crippen LogP contribution in [0.3, 0.4) is 0 Å². The molecule has 0 atom stereocenters. The molecule has 0 bridgehead atoms. The van der Waals surface area contributed by atoms with Gasteiger partial charge in [-0.15, -0.1) is 0 Å². The van der Waals surface area contributed by atoms with E-state index >= 15 is 0 Å². The summed E-state index contributed by atoms with van der Waals surface area (Å²) >= 11 is 3.38. The van der Waals surface area contributed by atoms with Crippen molar-refractivity contribution < 1.29 is 0 Å². The predicted octanol–water partition coefficient (Wildman–Crippen LogP) is 2.06. The van der Waals surface area contributed by atoms with Gasteiger partial charge in [-0.1, -0.05) is 0 Å². The van der Waals surface area contributed by atoms with Gasteiger partial charge in [-0.3, -0.25) is 4.57 Å².